The van der Waals surface area contributed by atoms with E-state index in [9.17, 15) is 14.7 Å². The van der Waals surface area contributed by atoms with Gasteiger partial charge in [-0.25, -0.2) is 4.79 Å². The van der Waals surface area contributed by atoms with E-state index in [0.29, 0.717) is 10.6 Å². The van der Waals surface area contributed by atoms with E-state index in [1.54, 1.807) is 0 Å². The van der Waals surface area contributed by atoms with Crippen molar-refractivity contribution in [2.45, 2.75) is 19.4 Å². The lowest BCUT2D eigenvalue weighted by molar-refractivity contribution is -0.147. The van der Waals surface area contributed by atoms with Gasteiger partial charge in [0, 0.05) is 6.92 Å². The molecule has 1 atom stereocenters. The summed E-state index contributed by atoms with van der Waals surface area (Å²) in [5.41, 5.74) is -1.17. The van der Waals surface area contributed by atoms with Gasteiger partial charge in [0.2, 0.25) is 5.91 Å². The summed E-state index contributed by atoms with van der Waals surface area (Å²) in [6, 6.07) is 4.43. The molecular formula is C11H11Cl2NO3. The summed E-state index contributed by atoms with van der Waals surface area (Å²) in [6.45, 7) is 2.63. The van der Waals surface area contributed by atoms with Gasteiger partial charge in [0.25, 0.3) is 0 Å². The molecule has 0 aliphatic heterocycles. The molecule has 1 aromatic carbocycles. The molecule has 92 valence electrons. The van der Waals surface area contributed by atoms with Gasteiger partial charge in [0.1, 0.15) is 0 Å². The molecule has 17 heavy (non-hydrogen) atoms. The van der Waals surface area contributed by atoms with E-state index >= 15 is 0 Å². The van der Waals surface area contributed by atoms with Crippen LogP contribution in [0, 0.1) is 0 Å². The van der Waals surface area contributed by atoms with Crippen LogP contribution in [0.25, 0.3) is 0 Å². The molecule has 0 aliphatic rings. The Morgan fingerprint density at radius 1 is 1.29 bits per heavy atom. The molecule has 2 N–H and O–H groups in total. The van der Waals surface area contributed by atoms with E-state index in [4.69, 9.17) is 23.2 Å². The van der Waals surface area contributed by atoms with Gasteiger partial charge >= 0.3 is 5.97 Å². The van der Waals surface area contributed by atoms with Crippen molar-refractivity contribution >= 4 is 35.1 Å². The lowest BCUT2D eigenvalue weighted by Gasteiger charge is -2.26. The van der Waals surface area contributed by atoms with E-state index in [0.717, 1.165) is 0 Å². The second-order valence-corrected chi connectivity index (χ2v) is 4.55. The summed E-state index contributed by atoms with van der Waals surface area (Å²) in [4.78, 5) is 22.3. The first kappa shape index (κ1) is 13.8. The van der Waals surface area contributed by atoms with E-state index in [-0.39, 0.29) is 5.02 Å². The fourth-order valence-electron chi connectivity index (χ4n) is 1.41. The zero-order valence-corrected chi connectivity index (χ0v) is 10.8. The summed E-state index contributed by atoms with van der Waals surface area (Å²) < 4.78 is 0. The molecule has 0 aliphatic carbocycles. The van der Waals surface area contributed by atoms with Crippen LogP contribution in [-0.2, 0) is 15.1 Å². The first-order valence-electron chi connectivity index (χ1n) is 4.75. The molecule has 1 amide bonds. The molecule has 0 heterocycles. The highest BCUT2D eigenvalue weighted by atomic mass is 35.5. The third kappa shape index (κ3) is 2.90. The van der Waals surface area contributed by atoms with Crippen LogP contribution in [0.5, 0.6) is 0 Å². The zero-order chi connectivity index (χ0) is 13.2. The molecule has 0 spiro atoms. The molecule has 6 heteroatoms. The average Bonchev–Trinajstić information content (AvgIpc) is 2.20. The highest BCUT2D eigenvalue weighted by molar-refractivity contribution is 6.42. The largest absolute Gasteiger partial charge is 0.479 e. The number of hydrogen-bond acceptors (Lipinski definition) is 2. The summed E-state index contributed by atoms with van der Waals surface area (Å²) >= 11 is 11.6. The van der Waals surface area contributed by atoms with E-state index in [2.05, 4.69) is 5.32 Å². The number of rotatable bonds is 3. The molecule has 0 unspecified atom stereocenters. The minimum atomic E-state index is -1.53. The smallest absolute Gasteiger partial charge is 0.333 e. The number of benzene rings is 1. The van der Waals surface area contributed by atoms with Crippen molar-refractivity contribution in [2.75, 3.05) is 0 Å². The Bertz CT molecular complexity index is 476. The normalized spacial score (nSPS) is 13.9. The fraction of sp³-hybridized carbons (Fsp3) is 0.273. The molecular weight excluding hydrogens is 265 g/mol. The molecule has 4 nitrogen and oxygen atoms in total. The Morgan fingerprint density at radius 2 is 1.88 bits per heavy atom. The van der Waals surface area contributed by atoms with Gasteiger partial charge in [-0.3, -0.25) is 4.79 Å². The van der Waals surface area contributed by atoms with Crippen molar-refractivity contribution in [1.82, 2.24) is 5.32 Å². The Kier molecular flexibility index (Phi) is 4.01. The lowest BCUT2D eigenvalue weighted by atomic mass is 9.92. The van der Waals surface area contributed by atoms with Gasteiger partial charge in [-0.05, 0) is 24.6 Å². The summed E-state index contributed by atoms with van der Waals surface area (Å²) in [6.07, 6.45) is 0. The summed E-state index contributed by atoms with van der Waals surface area (Å²) in [5.74, 6) is -1.62. The fourth-order valence-corrected chi connectivity index (χ4v) is 1.71. The number of hydrogen-bond donors (Lipinski definition) is 2. The van der Waals surface area contributed by atoms with Gasteiger partial charge < -0.3 is 10.4 Å². The molecule has 0 saturated carbocycles. The van der Waals surface area contributed by atoms with Gasteiger partial charge in [-0.15, -0.1) is 0 Å². The summed E-state index contributed by atoms with van der Waals surface area (Å²) in [7, 11) is 0. The Hall–Kier alpha value is -1.26. The third-order valence-corrected chi connectivity index (χ3v) is 3.09. The van der Waals surface area contributed by atoms with Crippen molar-refractivity contribution in [3.8, 4) is 0 Å². The highest BCUT2D eigenvalue weighted by Crippen LogP contribution is 2.28. The quantitative estimate of drug-likeness (QED) is 0.891. The van der Waals surface area contributed by atoms with Crippen molar-refractivity contribution < 1.29 is 14.7 Å². The summed E-state index contributed by atoms with van der Waals surface area (Å²) in [5, 5.41) is 12.1. The van der Waals surface area contributed by atoms with Crippen LogP contribution >= 0.6 is 23.2 Å². The highest BCUT2D eigenvalue weighted by Gasteiger charge is 2.36. The van der Waals surface area contributed by atoms with Crippen LogP contribution in [0.4, 0.5) is 0 Å². The third-order valence-electron chi connectivity index (χ3n) is 2.35. The molecule has 1 rings (SSSR count). The number of nitrogens with one attached hydrogen (secondary N) is 1. The van der Waals surface area contributed by atoms with Gasteiger partial charge in [-0.1, -0.05) is 29.3 Å². The number of carbonyl (C=O) groups is 2. The molecule has 0 saturated heterocycles. The Labute approximate surface area is 109 Å². The first-order valence-corrected chi connectivity index (χ1v) is 5.50. The maximum absolute atomic E-state index is 11.3. The molecule has 0 bridgehead atoms. The van der Waals surface area contributed by atoms with E-state index < -0.39 is 17.4 Å². The maximum Gasteiger partial charge on any atom is 0.333 e. The number of carboxylic acids is 1. The Morgan fingerprint density at radius 3 is 2.29 bits per heavy atom. The molecule has 0 aromatic heterocycles. The van der Waals surface area contributed by atoms with Crippen molar-refractivity contribution in [1.29, 1.82) is 0 Å². The second kappa shape index (κ2) is 4.94. The number of carboxylic acid groups (broad SMARTS) is 1. The van der Waals surface area contributed by atoms with Gasteiger partial charge in [0.15, 0.2) is 5.54 Å². The van der Waals surface area contributed by atoms with E-state index in [1.165, 1.54) is 32.0 Å². The second-order valence-electron chi connectivity index (χ2n) is 3.74. The van der Waals surface area contributed by atoms with E-state index in [1.807, 2.05) is 0 Å². The Balaban J connectivity index is 3.27. The topological polar surface area (TPSA) is 66.4 Å². The standard InChI is InChI=1S/C11H11Cl2NO3/c1-6(15)14-11(2,10(16)17)7-3-4-8(12)9(13)5-7/h3-5H,1-2H3,(H,14,15)(H,16,17)/t11-/m0/s1. The van der Waals surface area contributed by atoms with Crippen LogP contribution in [0.2, 0.25) is 10.0 Å². The SMILES string of the molecule is CC(=O)N[C@](C)(C(=O)O)c1ccc(Cl)c(Cl)c1. The number of carbonyl (C=O) groups excluding carboxylic acids is 1. The molecule has 0 fully saturated rings. The monoisotopic (exact) mass is 275 g/mol. The number of amides is 1. The minimum absolute atomic E-state index is 0.238. The van der Waals surface area contributed by atoms with Crippen molar-refractivity contribution in [2.24, 2.45) is 0 Å². The van der Waals surface area contributed by atoms with Crippen LogP contribution < -0.4 is 5.32 Å². The number of aliphatic carboxylic acids is 1. The predicted octanol–water partition coefficient (Wildman–Crippen LogP) is 2.43. The number of halogens is 2. The maximum atomic E-state index is 11.3. The minimum Gasteiger partial charge on any atom is -0.479 e. The lowest BCUT2D eigenvalue weighted by Crippen LogP contribution is -2.48. The van der Waals surface area contributed by atoms with Crippen LogP contribution in [-0.4, -0.2) is 17.0 Å². The van der Waals surface area contributed by atoms with Gasteiger partial charge in [0.05, 0.1) is 10.0 Å². The predicted molar refractivity (Wildman–Crippen MR) is 65.3 cm³/mol. The van der Waals surface area contributed by atoms with Crippen LogP contribution in [0.3, 0.4) is 0 Å². The van der Waals surface area contributed by atoms with Crippen LogP contribution in [0.15, 0.2) is 18.2 Å². The molecule has 0 radical (unpaired) electrons. The average molecular weight is 276 g/mol. The van der Waals surface area contributed by atoms with Crippen molar-refractivity contribution in [3.63, 3.8) is 0 Å². The first-order chi connectivity index (χ1) is 7.77. The molecule has 1 aromatic rings. The zero-order valence-electron chi connectivity index (χ0n) is 9.25. The van der Waals surface area contributed by atoms with Crippen molar-refractivity contribution in [3.05, 3.63) is 33.8 Å². The van der Waals surface area contributed by atoms with Crippen LogP contribution in [0.1, 0.15) is 19.4 Å². The van der Waals surface area contributed by atoms with Gasteiger partial charge in [-0.2, -0.15) is 0 Å².